The molecular formula is C8H16O5S. The smallest absolute Gasteiger partial charge is 0.153 e. The predicted octanol–water partition coefficient (Wildman–Crippen LogP) is -1.21. The summed E-state index contributed by atoms with van der Waals surface area (Å²) in [5, 5.41) is 18.8. The fourth-order valence-corrected chi connectivity index (χ4v) is 3.68. The lowest BCUT2D eigenvalue weighted by Crippen LogP contribution is -2.25. The molecule has 1 aliphatic heterocycles. The first-order valence-electron chi connectivity index (χ1n) is 4.50. The maximum Gasteiger partial charge on any atom is 0.153 e. The highest BCUT2D eigenvalue weighted by Crippen LogP contribution is 2.23. The monoisotopic (exact) mass is 224 g/mol. The van der Waals surface area contributed by atoms with E-state index in [0.29, 0.717) is 0 Å². The lowest BCUT2D eigenvalue weighted by Gasteiger charge is -2.16. The van der Waals surface area contributed by atoms with E-state index in [2.05, 4.69) is 0 Å². The van der Waals surface area contributed by atoms with Gasteiger partial charge >= 0.3 is 0 Å². The van der Waals surface area contributed by atoms with Crippen LogP contribution in [0, 0.1) is 5.92 Å². The normalized spacial score (nSPS) is 33.1. The first kappa shape index (κ1) is 11.9. The number of aliphatic hydroxyl groups is 2. The van der Waals surface area contributed by atoms with Gasteiger partial charge < -0.3 is 14.9 Å². The molecule has 0 aromatic rings. The molecule has 0 amide bonds. The van der Waals surface area contributed by atoms with E-state index in [9.17, 15) is 18.6 Å². The molecular weight excluding hydrogens is 208 g/mol. The molecule has 1 heterocycles. The zero-order chi connectivity index (χ0) is 10.8. The molecule has 0 bridgehead atoms. The molecule has 0 radical (unpaired) electrons. The fourth-order valence-electron chi connectivity index (χ4n) is 1.74. The lowest BCUT2D eigenvalue weighted by molar-refractivity contribution is 0.0331. The van der Waals surface area contributed by atoms with Crippen LogP contribution in [-0.2, 0) is 14.6 Å². The van der Waals surface area contributed by atoms with Crippen LogP contribution >= 0.6 is 0 Å². The zero-order valence-corrected chi connectivity index (χ0v) is 8.90. The second-order valence-electron chi connectivity index (χ2n) is 3.75. The molecule has 14 heavy (non-hydrogen) atoms. The van der Waals surface area contributed by atoms with E-state index in [1.54, 1.807) is 0 Å². The van der Waals surface area contributed by atoms with Crippen LogP contribution < -0.4 is 0 Å². The van der Waals surface area contributed by atoms with Crippen LogP contribution in [0.5, 0.6) is 0 Å². The van der Waals surface area contributed by atoms with E-state index in [1.165, 1.54) is 7.11 Å². The first-order chi connectivity index (χ1) is 6.44. The number of hydrogen-bond acceptors (Lipinski definition) is 5. The summed E-state index contributed by atoms with van der Waals surface area (Å²) in [7, 11) is -1.64. The second kappa shape index (κ2) is 4.57. The number of methoxy groups -OCH3 is 1. The summed E-state index contributed by atoms with van der Waals surface area (Å²) in [5.41, 5.74) is 0. The van der Waals surface area contributed by atoms with Gasteiger partial charge in [0.15, 0.2) is 9.84 Å². The molecule has 1 fully saturated rings. The first-order valence-corrected chi connectivity index (χ1v) is 6.32. The Bertz CT molecular complexity index is 273. The van der Waals surface area contributed by atoms with Crippen molar-refractivity contribution < 1.29 is 23.4 Å². The molecule has 2 N–H and O–H groups in total. The molecule has 3 atom stereocenters. The van der Waals surface area contributed by atoms with Gasteiger partial charge in [-0.2, -0.15) is 0 Å². The lowest BCUT2D eigenvalue weighted by atomic mass is 9.99. The van der Waals surface area contributed by atoms with Gasteiger partial charge in [0.1, 0.15) is 0 Å². The quantitative estimate of drug-likeness (QED) is 0.626. The molecule has 1 rings (SSSR count). The van der Waals surface area contributed by atoms with Crippen LogP contribution in [0.3, 0.4) is 0 Å². The van der Waals surface area contributed by atoms with Gasteiger partial charge in [-0.05, 0) is 6.42 Å². The number of aliphatic hydroxyl groups excluding tert-OH is 2. The molecule has 84 valence electrons. The van der Waals surface area contributed by atoms with Gasteiger partial charge in [0, 0.05) is 13.0 Å². The van der Waals surface area contributed by atoms with Crippen molar-refractivity contribution in [2.45, 2.75) is 18.6 Å². The number of hydrogen-bond donors (Lipinski definition) is 2. The van der Waals surface area contributed by atoms with E-state index < -0.39 is 22.0 Å². The van der Waals surface area contributed by atoms with E-state index in [1.807, 2.05) is 0 Å². The number of rotatable bonds is 4. The van der Waals surface area contributed by atoms with Crippen molar-refractivity contribution in [3.05, 3.63) is 0 Å². The molecule has 0 aromatic carbocycles. The SMILES string of the molecule is COCC(O)CC1CS(=O)(=O)CC1O. The number of ether oxygens (including phenoxy) is 1. The average Bonchev–Trinajstić information content (AvgIpc) is 2.25. The maximum atomic E-state index is 11.1. The highest BCUT2D eigenvalue weighted by molar-refractivity contribution is 7.91. The highest BCUT2D eigenvalue weighted by Gasteiger charge is 2.37. The summed E-state index contributed by atoms with van der Waals surface area (Å²) in [6.45, 7) is 0.170. The van der Waals surface area contributed by atoms with Crippen molar-refractivity contribution in [3.8, 4) is 0 Å². The average molecular weight is 224 g/mol. The molecule has 6 heteroatoms. The fraction of sp³-hybridized carbons (Fsp3) is 1.00. The van der Waals surface area contributed by atoms with Gasteiger partial charge in [0.05, 0.1) is 30.3 Å². The summed E-state index contributed by atoms with van der Waals surface area (Å²) in [6.07, 6.45) is -1.27. The molecule has 0 spiro atoms. The Balaban J connectivity index is 2.46. The number of sulfone groups is 1. The van der Waals surface area contributed by atoms with Crippen LogP contribution in [0.25, 0.3) is 0 Å². The van der Waals surface area contributed by atoms with Gasteiger partial charge in [-0.1, -0.05) is 0 Å². The Labute approximate surface area is 83.6 Å². The Kier molecular flexibility index (Phi) is 3.88. The third-order valence-electron chi connectivity index (χ3n) is 2.37. The summed E-state index contributed by atoms with van der Waals surface area (Å²) < 4.78 is 27.0. The van der Waals surface area contributed by atoms with Gasteiger partial charge in [0.25, 0.3) is 0 Å². The summed E-state index contributed by atoms with van der Waals surface area (Å²) >= 11 is 0. The van der Waals surface area contributed by atoms with Crippen LogP contribution in [0.1, 0.15) is 6.42 Å². The second-order valence-corrected chi connectivity index (χ2v) is 5.90. The maximum absolute atomic E-state index is 11.1. The van der Waals surface area contributed by atoms with Crippen molar-refractivity contribution in [3.63, 3.8) is 0 Å². The summed E-state index contributed by atoms with van der Waals surface area (Å²) in [4.78, 5) is 0. The van der Waals surface area contributed by atoms with Crippen LogP contribution in [0.4, 0.5) is 0 Å². The molecule has 3 unspecified atom stereocenters. The molecule has 1 saturated heterocycles. The van der Waals surface area contributed by atoms with Crippen LogP contribution in [0.15, 0.2) is 0 Å². The van der Waals surface area contributed by atoms with Crippen molar-refractivity contribution in [1.29, 1.82) is 0 Å². The van der Waals surface area contributed by atoms with E-state index in [-0.39, 0.29) is 30.5 Å². The standard InChI is InChI=1S/C8H16O5S/c1-13-3-7(9)2-6-4-14(11,12)5-8(6)10/h6-10H,2-5H2,1H3. The predicted molar refractivity (Wildman–Crippen MR) is 50.7 cm³/mol. The topological polar surface area (TPSA) is 83.8 Å². The molecule has 0 aliphatic carbocycles. The van der Waals surface area contributed by atoms with Gasteiger partial charge in [0.2, 0.25) is 0 Å². The molecule has 5 nitrogen and oxygen atoms in total. The van der Waals surface area contributed by atoms with Crippen molar-refractivity contribution in [1.82, 2.24) is 0 Å². The Morgan fingerprint density at radius 2 is 2.14 bits per heavy atom. The van der Waals surface area contributed by atoms with Crippen LogP contribution in [0.2, 0.25) is 0 Å². The Morgan fingerprint density at radius 3 is 2.57 bits per heavy atom. The zero-order valence-electron chi connectivity index (χ0n) is 8.09. The van der Waals surface area contributed by atoms with Gasteiger partial charge in [-0.3, -0.25) is 0 Å². The minimum Gasteiger partial charge on any atom is -0.392 e. The minimum absolute atomic E-state index is 0.0328. The molecule has 0 aromatic heterocycles. The Morgan fingerprint density at radius 1 is 1.50 bits per heavy atom. The highest BCUT2D eigenvalue weighted by atomic mass is 32.2. The summed E-state index contributed by atoms with van der Waals surface area (Å²) in [5.74, 6) is -0.572. The van der Waals surface area contributed by atoms with Crippen molar-refractivity contribution in [2.24, 2.45) is 5.92 Å². The summed E-state index contributed by atoms with van der Waals surface area (Å²) in [6, 6.07) is 0. The van der Waals surface area contributed by atoms with Gasteiger partial charge in [-0.15, -0.1) is 0 Å². The van der Waals surface area contributed by atoms with Crippen molar-refractivity contribution in [2.75, 3.05) is 25.2 Å². The van der Waals surface area contributed by atoms with Gasteiger partial charge in [-0.25, -0.2) is 8.42 Å². The largest absolute Gasteiger partial charge is 0.392 e. The molecule has 0 saturated carbocycles. The minimum atomic E-state index is -3.11. The molecule has 1 aliphatic rings. The third-order valence-corrected chi connectivity index (χ3v) is 4.16. The third kappa shape index (κ3) is 3.20. The van der Waals surface area contributed by atoms with E-state index in [0.717, 1.165) is 0 Å². The van der Waals surface area contributed by atoms with E-state index >= 15 is 0 Å². The van der Waals surface area contributed by atoms with Crippen LogP contribution in [-0.4, -0.2) is 56.1 Å². The Hall–Kier alpha value is -0.170. The van der Waals surface area contributed by atoms with Crippen molar-refractivity contribution >= 4 is 9.84 Å². The van der Waals surface area contributed by atoms with E-state index in [4.69, 9.17) is 4.74 Å².